The largest absolute Gasteiger partial charge is 0.380 e. The molecule has 0 amide bonds. The van der Waals surface area contributed by atoms with Gasteiger partial charge in [-0.05, 0) is 15.9 Å². The third kappa shape index (κ3) is 1.12. The van der Waals surface area contributed by atoms with E-state index in [1.54, 1.807) is 0 Å². The highest BCUT2D eigenvalue weighted by Crippen LogP contribution is 2.40. The minimum Gasteiger partial charge on any atom is -0.380 e. The Morgan fingerprint density at radius 3 is 2.64 bits per heavy atom. The highest BCUT2D eigenvalue weighted by atomic mass is 79.9. The van der Waals surface area contributed by atoms with Crippen LogP contribution in [0.2, 0.25) is 0 Å². The summed E-state index contributed by atoms with van der Waals surface area (Å²) in [5, 5.41) is 4.27. The summed E-state index contributed by atoms with van der Waals surface area (Å²) in [5.74, 6) is 1.19. The molecule has 76 valence electrons. The standard InChI is InChI=1S/C9H12BrN3O/c1-12-8(2-7(10)11-12)13-3-9(4-13)5-14-6-9/h2H,3-6H2,1H3. The molecule has 1 aromatic rings. The van der Waals surface area contributed by atoms with Crippen molar-refractivity contribution >= 4 is 21.7 Å². The quantitative estimate of drug-likeness (QED) is 0.753. The number of aryl methyl sites for hydroxylation is 1. The van der Waals surface area contributed by atoms with Gasteiger partial charge in [0.15, 0.2) is 0 Å². The third-order valence-electron chi connectivity index (χ3n) is 3.02. The molecule has 0 aromatic carbocycles. The first-order valence-corrected chi connectivity index (χ1v) is 5.50. The fraction of sp³-hybridized carbons (Fsp3) is 0.667. The summed E-state index contributed by atoms with van der Waals surface area (Å²) in [5.41, 5.74) is 0.469. The van der Waals surface area contributed by atoms with E-state index in [1.807, 2.05) is 11.7 Å². The van der Waals surface area contributed by atoms with Crippen molar-refractivity contribution in [2.24, 2.45) is 12.5 Å². The number of rotatable bonds is 1. The lowest BCUT2D eigenvalue weighted by Crippen LogP contribution is -2.66. The summed E-state index contributed by atoms with van der Waals surface area (Å²) in [7, 11) is 1.97. The average molecular weight is 258 g/mol. The molecule has 2 aliphatic rings. The fourth-order valence-electron chi connectivity index (χ4n) is 2.22. The highest BCUT2D eigenvalue weighted by Gasteiger charge is 2.49. The van der Waals surface area contributed by atoms with Crippen molar-refractivity contribution in [3.05, 3.63) is 10.7 Å². The van der Waals surface area contributed by atoms with Crippen molar-refractivity contribution in [1.82, 2.24) is 9.78 Å². The topological polar surface area (TPSA) is 30.3 Å². The second-order valence-corrected chi connectivity index (χ2v) is 5.11. The Balaban J connectivity index is 1.76. The molecule has 0 aliphatic carbocycles. The number of hydrogen-bond acceptors (Lipinski definition) is 3. The van der Waals surface area contributed by atoms with E-state index in [9.17, 15) is 0 Å². The van der Waals surface area contributed by atoms with Crippen LogP contribution in [-0.4, -0.2) is 36.1 Å². The van der Waals surface area contributed by atoms with Gasteiger partial charge < -0.3 is 9.64 Å². The molecular formula is C9H12BrN3O. The van der Waals surface area contributed by atoms with E-state index < -0.39 is 0 Å². The molecule has 0 saturated carbocycles. The second kappa shape index (κ2) is 2.73. The number of nitrogens with zero attached hydrogens (tertiary/aromatic N) is 3. The SMILES string of the molecule is Cn1nc(Br)cc1N1CC2(COC2)C1. The number of aromatic nitrogens is 2. The van der Waals surface area contributed by atoms with Gasteiger partial charge in [0, 0.05) is 26.2 Å². The van der Waals surface area contributed by atoms with E-state index in [0.29, 0.717) is 5.41 Å². The van der Waals surface area contributed by atoms with Crippen LogP contribution in [0.3, 0.4) is 0 Å². The molecule has 1 aromatic heterocycles. The first-order valence-electron chi connectivity index (χ1n) is 4.71. The predicted octanol–water partition coefficient (Wildman–Crippen LogP) is 1.02. The lowest BCUT2D eigenvalue weighted by atomic mass is 9.78. The first kappa shape index (κ1) is 8.73. The van der Waals surface area contributed by atoms with E-state index in [-0.39, 0.29) is 0 Å². The van der Waals surface area contributed by atoms with Crippen molar-refractivity contribution in [1.29, 1.82) is 0 Å². The van der Waals surface area contributed by atoms with Crippen LogP contribution in [0.1, 0.15) is 0 Å². The summed E-state index contributed by atoms with van der Waals surface area (Å²) in [6, 6.07) is 2.06. The summed E-state index contributed by atoms with van der Waals surface area (Å²) >= 11 is 3.38. The summed E-state index contributed by atoms with van der Waals surface area (Å²) in [6.07, 6.45) is 0. The molecular weight excluding hydrogens is 246 g/mol. The van der Waals surface area contributed by atoms with Gasteiger partial charge in [0.1, 0.15) is 10.4 Å². The maximum absolute atomic E-state index is 5.24. The van der Waals surface area contributed by atoms with Crippen molar-refractivity contribution in [3.63, 3.8) is 0 Å². The molecule has 0 N–H and O–H groups in total. The maximum atomic E-state index is 5.24. The van der Waals surface area contributed by atoms with Gasteiger partial charge in [0.25, 0.3) is 0 Å². The third-order valence-corrected chi connectivity index (χ3v) is 3.41. The van der Waals surface area contributed by atoms with Crippen molar-refractivity contribution in [2.45, 2.75) is 0 Å². The van der Waals surface area contributed by atoms with Gasteiger partial charge in [-0.2, -0.15) is 5.10 Å². The number of halogens is 1. The van der Waals surface area contributed by atoms with Crippen LogP contribution in [0.25, 0.3) is 0 Å². The Kier molecular flexibility index (Phi) is 1.70. The van der Waals surface area contributed by atoms with Gasteiger partial charge in [0.05, 0.1) is 18.6 Å². The molecule has 0 atom stereocenters. The van der Waals surface area contributed by atoms with Gasteiger partial charge in [0.2, 0.25) is 0 Å². The number of hydrogen-bond donors (Lipinski definition) is 0. The van der Waals surface area contributed by atoms with Crippen molar-refractivity contribution in [2.75, 3.05) is 31.2 Å². The molecule has 0 unspecified atom stereocenters. The van der Waals surface area contributed by atoms with Crippen molar-refractivity contribution < 1.29 is 4.74 Å². The van der Waals surface area contributed by atoms with Crippen LogP contribution < -0.4 is 4.90 Å². The summed E-state index contributed by atoms with van der Waals surface area (Å²) < 4.78 is 8.06. The van der Waals surface area contributed by atoms with Gasteiger partial charge in [-0.25, -0.2) is 0 Å². The Hall–Kier alpha value is -0.550. The molecule has 2 aliphatic heterocycles. The van der Waals surface area contributed by atoms with Crippen LogP contribution in [0.5, 0.6) is 0 Å². The van der Waals surface area contributed by atoms with Crippen LogP contribution in [0, 0.1) is 5.41 Å². The van der Waals surface area contributed by atoms with Crippen LogP contribution in [0.15, 0.2) is 10.7 Å². The van der Waals surface area contributed by atoms with Gasteiger partial charge in [-0.1, -0.05) is 0 Å². The van der Waals surface area contributed by atoms with E-state index in [0.717, 1.165) is 30.9 Å². The Bertz CT molecular complexity index is 364. The van der Waals surface area contributed by atoms with Gasteiger partial charge >= 0.3 is 0 Å². The minimum absolute atomic E-state index is 0.469. The van der Waals surface area contributed by atoms with E-state index in [4.69, 9.17) is 4.74 Å². The lowest BCUT2D eigenvalue weighted by Gasteiger charge is -2.55. The zero-order chi connectivity index (χ0) is 9.76. The first-order chi connectivity index (χ1) is 6.69. The smallest absolute Gasteiger partial charge is 0.130 e. The molecule has 4 nitrogen and oxygen atoms in total. The molecule has 0 radical (unpaired) electrons. The number of ether oxygens (including phenoxy) is 1. The fourth-order valence-corrected chi connectivity index (χ4v) is 2.66. The zero-order valence-corrected chi connectivity index (χ0v) is 9.62. The van der Waals surface area contributed by atoms with Crippen LogP contribution in [-0.2, 0) is 11.8 Å². The summed E-state index contributed by atoms with van der Waals surface area (Å²) in [6.45, 7) is 4.09. The van der Waals surface area contributed by atoms with E-state index >= 15 is 0 Å². The Labute approximate surface area is 91.0 Å². The molecule has 0 bridgehead atoms. The zero-order valence-electron chi connectivity index (χ0n) is 8.03. The van der Waals surface area contributed by atoms with Crippen LogP contribution >= 0.6 is 15.9 Å². The van der Waals surface area contributed by atoms with Gasteiger partial charge in [-0.3, -0.25) is 4.68 Å². The van der Waals surface area contributed by atoms with Gasteiger partial charge in [-0.15, -0.1) is 0 Å². The van der Waals surface area contributed by atoms with E-state index in [1.165, 1.54) is 5.82 Å². The normalized spacial score (nSPS) is 23.4. The second-order valence-electron chi connectivity index (χ2n) is 4.30. The number of anilines is 1. The Morgan fingerprint density at radius 1 is 1.50 bits per heavy atom. The highest BCUT2D eigenvalue weighted by molar-refractivity contribution is 9.10. The van der Waals surface area contributed by atoms with Crippen molar-refractivity contribution in [3.8, 4) is 0 Å². The lowest BCUT2D eigenvalue weighted by molar-refractivity contribution is -0.127. The monoisotopic (exact) mass is 257 g/mol. The molecule has 2 fully saturated rings. The molecule has 1 spiro atoms. The maximum Gasteiger partial charge on any atom is 0.130 e. The average Bonchev–Trinajstić information content (AvgIpc) is 2.24. The molecule has 5 heteroatoms. The Morgan fingerprint density at radius 2 is 2.21 bits per heavy atom. The molecule has 3 rings (SSSR count). The van der Waals surface area contributed by atoms with E-state index in [2.05, 4.69) is 32.0 Å². The summed E-state index contributed by atoms with van der Waals surface area (Å²) in [4.78, 5) is 2.35. The molecule has 14 heavy (non-hydrogen) atoms. The minimum atomic E-state index is 0.469. The predicted molar refractivity (Wildman–Crippen MR) is 56.4 cm³/mol. The molecule has 3 heterocycles. The molecule has 2 saturated heterocycles. The van der Waals surface area contributed by atoms with Crippen LogP contribution in [0.4, 0.5) is 5.82 Å².